The predicted octanol–water partition coefficient (Wildman–Crippen LogP) is 4.86. The van der Waals surface area contributed by atoms with Gasteiger partial charge in [0, 0.05) is 17.2 Å². The third kappa shape index (κ3) is 4.86. The molecule has 2 aliphatic heterocycles. The van der Waals surface area contributed by atoms with Crippen molar-refractivity contribution in [3.05, 3.63) is 75.8 Å². The lowest BCUT2D eigenvalue weighted by molar-refractivity contribution is -0.386. The summed E-state index contributed by atoms with van der Waals surface area (Å²) in [5.74, 6) is 0.0659. The minimum atomic E-state index is -0.429. The van der Waals surface area contributed by atoms with E-state index in [0.29, 0.717) is 11.1 Å². The topological polar surface area (TPSA) is 66.7 Å². The van der Waals surface area contributed by atoms with Crippen molar-refractivity contribution >= 4 is 11.5 Å². The minimum Gasteiger partial charge on any atom is -0.294 e. The highest BCUT2D eigenvalue weighted by atomic mass is 16.6. The maximum Gasteiger partial charge on any atom is 0.274 e. The molecule has 0 amide bonds. The fraction of sp³-hybridized carbons (Fsp3) is 0.480. The Kier molecular flexibility index (Phi) is 7.10. The molecule has 2 aliphatic rings. The molecule has 2 fully saturated rings. The van der Waals surface area contributed by atoms with Gasteiger partial charge in [-0.15, -0.1) is 0 Å². The van der Waals surface area contributed by atoms with Gasteiger partial charge in [0.2, 0.25) is 0 Å². The van der Waals surface area contributed by atoms with Gasteiger partial charge in [-0.1, -0.05) is 61.4 Å². The van der Waals surface area contributed by atoms with Crippen LogP contribution in [0.1, 0.15) is 60.5 Å². The van der Waals surface area contributed by atoms with Crippen LogP contribution in [-0.2, 0) is 0 Å². The zero-order chi connectivity index (χ0) is 21.6. The second-order valence-corrected chi connectivity index (χ2v) is 8.63. The van der Waals surface area contributed by atoms with Crippen molar-refractivity contribution < 1.29 is 9.72 Å². The molecule has 4 rings (SSSR count). The summed E-state index contributed by atoms with van der Waals surface area (Å²) in [7, 11) is 0. The summed E-state index contributed by atoms with van der Waals surface area (Å²) in [6.07, 6.45) is 6.57. The summed E-state index contributed by atoms with van der Waals surface area (Å²) in [4.78, 5) is 30.2. The maximum absolute atomic E-state index is 13.9. The van der Waals surface area contributed by atoms with E-state index in [2.05, 4.69) is 9.80 Å². The molecular weight excluding hydrogens is 390 g/mol. The molecule has 0 aromatic heterocycles. The lowest BCUT2D eigenvalue weighted by atomic mass is 9.87. The van der Waals surface area contributed by atoms with E-state index in [1.54, 1.807) is 12.1 Å². The van der Waals surface area contributed by atoms with Crippen LogP contribution in [-0.4, -0.2) is 52.7 Å². The first-order chi connectivity index (χ1) is 15.2. The van der Waals surface area contributed by atoms with Gasteiger partial charge < -0.3 is 0 Å². The van der Waals surface area contributed by atoms with Crippen LogP contribution in [0.3, 0.4) is 0 Å². The Morgan fingerprint density at radius 1 is 0.774 bits per heavy atom. The zero-order valence-electron chi connectivity index (χ0n) is 18.0. The maximum atomic E-state index is 13.9. The summed E-state index contributed by atoms with van der Waals surface area (Å²) in [6, 6.07) is 15.7. The number of nitrogens with zero attached hydrogens (tertiary/aromatic N) is 3. The Morgan fingerprint density at radius 2 is 1.32 bits per heavy atom. The Labute approximate surface area is 184 Å². The average molecular weight is 422 g/mol. The number of hydrogen-bond acceptors (Lipinski definition) is 5. The van der Waals surface area contributed by atoms with Gasteiger partial charge in [0.05, 0.1) is 17.0 Å². The summed E-state index contributed by atoms with van der Waals surface area (Å²) >= 11 is 0. The average Bonchev–Trinajstić information content (AvgIpc) is 2.83. The largest absolute Gasteiger partial charge is 0.294 e. The van der Waals surface area contributed by atoms with Crippen LogP contribution in [0.15, 0.2) is 54.6 Å². The number of carbonyl (C=O) groups excluding carboxylic acids is 1. The van der Waals surface area contributed by atoms with Gasteiger partial charge in [0.1, 0.15) is 0 Å². The van der Waals surface area contributed by atoms with E-state index in [1.807, 2.05) is 42.5 Å². The van der Waals surface area contributed by atoms with Crippen molar-refractivity contribution in [1.29, 1.82) is 0 Å². The molecule has 0 unspecified atom stereocenters. The van der Waals surface area contributed by atoms with Crippen LogP contribution in [0.4, 0.5) is 5.69 Å². The number of ketones is 1. The number of piperidine rings is 2. The van der Waals surface area contributed by atoms with Crippen LogP contribution in [0.2, 0.25) is 0 Å². The molecule has 2 aromatic carbocycles. The van der Waals surface area contributed by atoms with E-state index in [9.17, 15) is 14.9 Å². The minimum absolute atomic E-state index is 0.0659. The highest BCUT2D eigenvalue weighted by Crippen LogP contribution is 2.37. The van der Waals surface area contributed by atoms with Gasteiger partial charge in [0.25, 0.3) is 5.69 Å². The SMILES string of the molecule is O=C(c1ccccc1)[C@@H]([C@H](c1ccccc1[N+](=O)[O-])N1CCCCC1)N1CCCCC1. The van der Waals surface area contributed by atoms with Gasteiger partial charge in [0.15, 0.2) is 5.78 Å². The quantitative estimate of drug-likeness (QED) is 0.363. The van der Waals surface area contributed by atoms with Crippen LogP contribution >= 0.6 is 0 Å². The Bertz CT molecular complexity index is 890. The highest BCUT2D eigenvalue weighted by molar-refractivity contribution is 6.00. The van der Waals surface area contributed by atoms with Gasteiger partial charge in [-0.05, 0) is 51.9 Å². The third-order valence-corrected chi connectivity index (χ3v) is 6.65. The molecular formula is C25H31N3O3. The lowest BCUT2D eigenvalue weighted by Gasteiger charge is -2.44. The predicted molar refractivity (Wildman–Crippen MR) is 121 cm³/mol. The van der Waals surface area contributed by atoms with E-state index in [0.717, 1.165) is 51.9 Å². The van der Waals surface area contributed by atoms with Crippen molar-refractivity contribution in [1.82, 2.24) is 9.80 Å². The molecule has 0 N–H and O–H groups in total. The molecule has 31 heavy (non-hydrogen) atoms. The van der Waals surface area contributed by atoms with Crippen LogP contribution < -0.4 is 0 Å². The molecule has 0 aliphatic carbocycles. The zero-order valence-corrected chi connectivity index (χ0v) is 18.0. The molecule has 0 saturated carbocycles. The number of nitro benzene ring substituents is 1. The van der Waals surface area contributed by atoms with Gasteiger partial charge in [-0.25, -0.2) is 0 Å². The lowest BCUT2D eigenvalue weighted by Crippen LogP contribution is -2.53. The first kappa shape index (κ1) is 21.7. The first-order valence-corrected chi connectivity index (χ1v) is 11.5. The molecule has 2 saturated heterocycles. The number of hydrogen-bond donors (Lipinski definition) is 0. The fourth-order valence-corrected chi connectivity index (χ4v) is 5.15. The number of Topliss-reactive ketones (excluding diaryl/α,β-unsaturated/α-hetero) is 1. The van der Waals surface area contributed by atoms with E-state index in [1.165, 1.54) is 12.8 Å². The standard InChI is InChI=1S/C25H31N3O3/c29-25(20-12-4-1-5-13-20)24(27-18-10-3-11-19-27)23(26-16-8-2-9-17-26)21-14-6-7-15-22(21)28(30)31/h1,4-7,12-15,23-24H,2-3,8-11,16-19H2/t23-,24+/m0/s1. The van der Waals surface area contributed by atoms with Crippen molar-refractivity contribution in [2.24, 2.45) is 0 Å². The molecule has 0 radical (unpaired) electrons. The Hall–Kier alpha value is -2.57. The molecule has 164 valence electrons. The summed E-state index contributed by atoms with van der Waals surface area (Å²) in [5.41, 5.74) is 1.45. The number of likely N-dealkylation sites (tertiary alicyclic amines) is 2. The number of carbonyl (C=O) groups is 1. The van der Waals surface area contributed by atoms with Crippen molar-refractivity contribution in [3.8, 4) is 0 Å². The summed E-state index contributed by atoms with van der Waals surface area (Å²) < 4.78 is 0. The van der Waals surface area contributed by atoms with Crippen molar-refractivity contribution in [2.75, 3.05) is 26.2 Å². The van der Waals surface area contributed by atoms with Crippen molar-refractivity contribution in [2.45, 2.75) is 50.6 Å². The van der Waals surface area contributed by atoms with E-state index in [4.69, 9.17) is 0 Å². The summed E-state index contributed by atoms with van der Waals surface area (Å²) in [5, 5.41) is 11.9. The first-order valence-electron chi connectivity index (χ1n) is 11.5. The van der Waals surface area contributed by atoms with Gasteiger partial charge in [-0.3, -0.25) is 24.7 Å². The monoisotopic (exact) mass is 421 g/mol. The smallest absolute Gasteiger partial charge is 0.274 e. The molecule has 6 heteroatoms. The Morgan fingerprint density at radius 3 is 1.94 bits per heavy atom. The van der Waals surface area contributed by atoms with E-state index in [-0.39, 0.29) is 22.4 Å². The van der Waals surface area contributed by atoms with Gasteiger partial charge in [-0.2, -0.15) is 0 Å². The summed E-state index contributed by atoms with van der Waals surface area (Å²) in [6.45, 7) is 3.44. The van der Waals surface area contributed by atoms with Crippen LogP contribution in [0.25, 0.3) is 0 Å². The molecule has 2 atom stereocenters. The highest BCUT2D eigenvalue weighted by Gasteiger charge is 2.41. The normalized spacial score (nSPS) is 20.1. The van der Waals surface area contributed by atoms with E-state index < -0.39 is 6.04 Å². The number of para-hydroxylation sites is 1. The number of benzene rings is 2. The molecule has 2 heterocycles. The molecule has 0 spiro atoms. The number of nitro groups is 1. The van der Waals surface area contributed by atoms with E-state index >= 15 is 0 Å². The second-order valence-electron chi connectivity index (χ2n) is 8.63. The Balaban J connectivity index is 1.83. The van der Waals surface area contributed by atoms with Crippen molar-refractivity contribution in [3.63, 3.8) is 0 Å². The number of rotatable bonds is 7. The molecule has 6 nitrogen and oxygen atoms in total. The van der Waals surface area contributed by atoms with Crippen LogP contribution in [0.5, 0.6) is 0 Å². The molecule has 0 bridgehead atoms. The van der Waals surface area contributed by atoms with Gasteiger partial charge >= 0.3 is 0 Å². The fourth-order valence-electron chi connectivity index (χ4n) is 5.15. The molecule has 2 aromatic rings. The third-order valence-electron chi connectivity index (χ3n) is 6.65. The van der Waals surface area contributed by atoms with Crippen LogP contribution in [0, 0.1) is 10.1 Å². The second kappa shape index (κ2) is 10.2.